The lowest BCUT2D eigenvalue weighted by atomic mass is 9.71. The van der Waals surface area contributed by atoms with E-state index in [0.717, 1.165) is 18.4 Å². The first-order valence-electron chi connectivity index (χ1n) is 9.12. The summed E-state index contributed by atoms with van der Waals surface area (Å²) in [5, 5.41) is 3.69. The van der Waals surface area contributed by atoms with Gasteiger partial charge < -0.3 is 11.1 Å². The maximum Gasteiger partial charge on any atom is 0.0342 e. The van der Waals surface area contributed by atoms with Crippen molar-refractivity contribution >= 4 is 5.69 Å². The molecule has 0 heterocycles. The van der Waals surface area contributed by atoms with Gasteiger partial charge in [0.1, 0.15) is 0 Å². The number of rotatable bonds is 4. The van der Waals surface area contributed by atoms with Gasteiger partial charge in [-0.05, 0) is 86.4 Å². The van der Waals surface area contributed by atoms with Gasteiger partial charge in [0.15, 0.2) is 0 Å². The summed E-state index contributed by atoms with van der Waals surface area (Å²) in [6.45, 7) is 5.66. The highest BCUT2D eigenvalue weighted by Gasteiger charge is 2.27. The SMILES string of the molecule is CC1(C)CCC(c2ccc(NC3CCC(CN)C3)cc2)CC1. The number of hydrogen-bond donors (Lipinski definition) is 2. The molecule has 122 valence electrons. The van der Waals surface area contributed by atoms with E-state index in [0.29, 0.717) is 11.5 Å². The van der Waals surface area contributed by atoms with E-state index in [2.05, 4.69) is 43.4 Å². The normalized spacial score (nSPS) is 28.7. The summed E-state index contributed by atoms with van der Waals surface area (Å²) in [6.07, 6.45) is 9.20. The second-order valence-electron chi connectivity index (χ2n) is 8.32. The average Bonchev–Trinajstić information content (AvgIpc) is 2.96. The number of hydrogen-bond acceptors (Lipinski definition) is 2. The van der Waals surface area contributed by atoms with Gasteiger partial charge in [0.2, 0.25) is 0 Å². The van der Waals surface area contributed by atoms with Crippen LogP contribution in [0.1, 0.15) is 70.3 Å². The summed E-state index contributed by atoms with van der Waals surface area (Å²) in [5.41, 5.74) is 9.15. The van der Waals surface area contributed by atoms with Crippen LogP contribution in [0, 0.1) is 11.3 Å². The zero-order valence-electron chi connectivity index (χ0n) is 14.3. The van der Waals surface area contributed by atoms with Crippen LogP contribution in [0.4, 0.5) is 5.69 Å². The van der Waals surface area contributed by atoms with Crippen molar-refractivity contribution in [1.82, 2.24) is 0 Å². The molecule has 0 bridgehead atoms. The molecule has 0 spiro atoms. The Morgan fingerprint density at radius 2 is 1.73 bits per heavy atom. The molecule has 3 rings (SSSR count). The van der Waals surface area contributed by atoms with Gasteiger partial charge in [-0.25, -0.2) is 0 Å². The van der Waals surface area contributed by atoms with Crippen LogP contribution in [0.3, 0.4) is 0 Å². The van der Waals surface area contributed by atoms with Crippen molar-refractivity contribution in [2.45, 2.75) is 70.8 Å². The number of nitrogens with one attached hydrogen (secondary N) is 1. The third-order valence-electron chi connectivity index (χ3n) is 5.97. The summed E-state index contributed by atoms with van der Waals surface area (Å²) in [7, 11) is 0. The molecule has 0 radical (unpaired) electrons. The lowest BCUT2D eigenvalue weighted by molar-refractivity contribution is 0.224. The van der Waals surface area contributed by atoms with E-state index < -0.39 is 0 Å². The van der Waals surface area contributed by atoms with E-state index in [-0.39, 0.29) is 0 Å². The molecule has 0 saturated heterocycles. The summed E-state index contributed by atoms with van der Waals surface area (Å²) in [4.78, 5) is 0. The fourth-order valence-electron chi connectivity index (χ4n) is 4.24. The van der Waals surface area contributed by atoms with Crippen LogP contribution in [0.25, 0.3) is 0 Å². The van der Waals surface area contributed by atoms with Gasteiger partial charge in [-0.15, -0.1) is 0 Å². The Hall–Kier alpha value is -1.02. The predicted molar refractivity (Wildman–Crippen MR) is 95.2 cm³/mol. The zero-order valence-corrected chi connectivity index (χ0v) is 14.3. The first-order chi connectivity index (χ1) is 10.6. The van der Waals surface area contributed by atoms with Crippen molar-refractivity contribution < 1.29 is 0 Å². The van der Waals surface area contributed by atoms with Gasteiger partial charge in [0.05, 0.1) is 0 Å². The first-order valence-corrected chi connectivity index (χ1v) is 9.12. The maximum atomic E-state index is 5.78. The monoisotopic (exact) mass is 300 g/mol. The molecule has 0 aromatic heterocycles. The van der Waals surface area contributed by atoms with E-state index in [1.807, 2.05) is 0 Å². The molecule has 0 amide bonds. The molecule has 2 unspecified atom stereocenters. The van der Waals surface area contributed by atoms with Crippen molar-refractivity contribution in [2.24, 2.45) is 17.1 Å². The van der Waals surface area contributed by atoms with Crippen LogP contribution in [0.15, 0.2) is 24.3 Å². The molecule has 2 fully saturated rings. The zero-order chi connectivity index (χ0) is 15.6. The Morgan fingerprint density at radius 3 is 2.32 bits per heavy atom. The number of nitrogens with two attached hydrogens (primary N) is 1. The minimum Gasteiger partial charge on any atom is -0.382 e. The number of benzene rings is 1. The fraction of sp³-hybridized carbons (Fsp3) is 0.700. The molecule has 3 N–H and O–H groups in total. The molecule has 1 aromatic carbocycles. The molecule has 2 nitrogen and oxygen atoms in total. The molecule has 0 aliphatic heterocycles. The third kappa shape index (κ3) is 3.84. The molecular formula is C20H32N2. The van der Waals surface area contributed by atoms with Crippen molar-refractivity contribution in [1.29, 1.82) is 0 Å². The number of anilines is 1. The fourth-order valence-corrected chi connectivity index (χ4v) is 4.24. The van der Waals surface area contributed by atoms with Crippen molar-refractivity contribution in [3.05, 3.63) is 29.8 Å². The first kappa shape index (κ1) is 15.9. The van der Waals surface area contributed by atoms with Crippen LogP contribution >= 0.6 is 0 Å². The molecule has 1 aromatic rings. The molecule has 22 heavy (non-hydrogen) atoms. The molecule has 2 atom stereocenters. The minimum atomic E-state index is 0.556. The van der Waals surface area contributed by atoms with E-state index in [9.17, 15) is 0 Å². The highest BCUT2D eigenvalue weighted by molar-refractivity contribution is 5.46. The second-order valence-corrected chi connectivity index (χ2v) is 8.32. The van der Waals surface area contributed by atoms with Gasteiger partial charge in [0.25, 0.3) is 0 Å². The van der Waals surface area contributed by atoms with E-state index in [1.54, 1.807) is 0 Å². The lowest BCUT2D eigenvalue weighted by Crippen LogP contribution is -2.20. The average molecular weight is 300 g/mol. The topological polar surface area (TPSA) is 38.0 Å². The van der Waals surface area contributed by atoms with Gasteiger partial charge in [-0.3, -0.25) is 0 Å². The van der Waals surface area contributed by atoms with Gasteiger partial charge in [0, 0.05) is 11.7 Å². The highest BCUT2D eigenvalue weighted by Crippen LogP contribution is 2.42. The van der Waals surface area contributed by atoms with Crippen LogP contribution in [0.5, 0.6) is 0 Å². The molecule has 2 aliphatic carbocycles. The molecule has 2 saturated carbocycles. The van der Waals surface area contributed by atoms with Crippen LogP contribution in [-0.2, 0) is 0 Å². The Morgan fingerprint density at radius 1 is 1.05 bits per heavy atom. The van der Waals surface area contributed by atoms with Crippen molar-refractivity contribution in [3.63, 3.8) is 0 Å². The van der Waals surface area contributed by atoms with Gasteiger partial charge in [-0.2, -0.15) is 0 Å². The quantitative estimate of drug-likeness (QED) is 0.829. The van der Waals surface area contributed by atoms with Crippen LogP contribution in [-0.4, -0.2) is 12.6 Å². The summed E-state index contributed by atoms with van der Waals surface area (Å²) < 4.78 is 0. The van der Waals surface area contributed by atoms with E-state index in [1.165, 1.54) is 56.2 Å². The Balaban J connectivity index is 1.54. The smallest absolute Gasteiger partial charge is 0.0342 e. The molecule has 2 aliphatic rings. The summed E-state index contributed by atoms with van der Waals surface area (Å²) >= 11 is 0. The van der Waals surface area contributed by atoms with Crippen molar-refractivity contribution in [3.8, 4) is 0 Å². The largest absolute Gasteiger partial charge is 0.382 e. The minimum absolute atomic E-state index is 0.556. The maximum absolute atomic E-state index is 5.78. The predicted octanol–water partition coefficient (Wildman–Crippen LogP) is 4.91. The Bertz CT molecular complexity index is 467. The van der Waals surface area contributed by atoms with E-state index in [4.69, 9.17) is 5.73 Å². The van der Waals surface area contributed by atoms with Gasteiger partial charge in [-0.1, -0.05) is 26.0 Å². The second kappa shape index (κ2) is 6.62. The Labute approximate surface area is 135 Å². The molecule has 2 heteroatoms. The third-order valence-corrected chi connectivity index (χ3v) is 5.97. The van der Waals surface area contributed by atoms with Crippen LogP contribution in [0.2, 0.25) is 0 Å². The van der Waals surface area contributed by atoms with E-state index >= 15 is 0 Å². The van der Waals surface area contributed by atoms with Crippen molar-refractivity contribution in [2.75, 3.05) is 11.9 Å². The summed E-state index contributed by atoms with van der Waals surface area (Å²) in [6, 6.07) is 9.88. The van der Waals surface area contributed by atoms with Gasteiger partial charge >= 0.3 is 0 Å². The lowest BCUT2D eigenvalue weighted by Gasteiger charge is -2.34. The summed E-state index contributed by atoms with van der Waals surface area (Å²) in [5.74, 6) is 1.50. The van der Waals surface area contributed by atoms with Crippen LogP contribution < -0.4 is 11.1 Å². The standard InChI is InChI=1S/C20H32N2/c1-20(2)11-9-17(10-12-20)16-4-7-18(8-5-16)22-19-6-3-15(13-19)14-21/h4-5,7-8,15,17,19,22H,3,6,9-14,21H2,1-2H3. The Kier molecular flexibility index (Phi) is 4.77. The highest BCUT2D eigenvalue weighted by atomic mass is 14.9. The molecular weight excluding hydrogens is 268 g/mol.